The minimum atomic E-state index is -3.35. The number of nitrogens with one attached hydrogen (secondary N) is 1. The van der Waals surface area contributed by atoms with Crippen molar-refractivity contribution >= 4 is 33.0 Å². The van der Waals surface area contributed by atoms with Crippen LogP contribution in [0.1, 0.15) is 20.3 Å². The van der Waals surface area contributed by atoms with Crippen molar-refractivity contribution in [2.24, 2.45) is 11.7 Å². The third-order valence-corrected chi connectivity index (χ3v) is 4.36. The van der Waals surface area contributed by atoms with Gasteiger partial charge in [0.1, 0.15) is 0 Å². The van der Waals surface area contributed by atoms with E-state index < -0.39 is 9.84 Å². The number of halogens is 1. The molecule has 3 N–H and O–H groups in total. The summed E-state index contributed by atoms with van der Waals surface area (Å²) in [6.07, 6.45) is 1.24. The van der Waals surface area contributed by atoms with Gasteiger partial charge in [-0.05, 0) is 24.1 Å². The van der Waals surface area contributed by atoms with Gasteiger partial charge in [0.25, 0.3) is 0 Å². The summed E-state index contributed by atoms with van der Waals surface area (Å²) in [7, 11) is -3.35. The summed E-state index contributed by atoms with van der Waals surface area (Å²) in [5.74, 6) is -0.114. The zero-order valence-electron chi connectivity index (χ0n) is 11.7. The molecule has 1 aromatic carbocycles. The number of carbonyl (C=O) groups is 1. The lowest BCUT2D eigenvalue weighted by atomic mass is 10.0. The summed E-state index contributed by atoms with van der Waals surface area (Å²) in [4.78, 5) is 11.9. The van der Waals surface area contributed by atoms with Crippen molar-refractivity contribution in [1.82, 2.24) is 0 Å². The van der Waals surface area contributed by atoms with Gasteiger partial charge in [-0.25, -0.2) is 8.42 Å². The highest BCUT2D eigenvalue weighted by atomic mass is 35.5. The highest BCUT2D eigenvalue weighted by Gasteiger charge is 2.15. The summed E-state index contributed by atoms with van der Waals surface area (Å²) in [5.41, 5.74) is 6.09. The molecular formula is C13H19ClN2O3S. The van der Waals surface area contributed by atoms with Gasteiger partial charge in [-0.3, -0.25) is 4.79 Å². The van der Waals surface area contributed by atoms with Crippen LogP contribution in [-0.4, -0.2) is 26.6 Å². The van der Waals surface area contributed by atoms with E-state index in [1.54, 1.807) is 0 Å². The molecule has 5 nitrogen and oxygen atoms in total. The molecule has 0 heterocycles. The average Bonchev–Trinajstić information content (AvgIpc) is 2.30. The lowest BCUT2D eigenvalue weighted by Gasteiger charge is -2.15. The standard InChI is InChI=1S/C13H19ClN2O3S/c1-8(2)11(15)7-13(17)16-12-6-9(20(3,18)19)4-5-10(12)14/h4-6,8,11H,7,15H2,1-3H3,(H,16,17). The molecule has 0 saturated carbocycles. The first-order chi connectivity index (χ1) is 9.11. The van der Waals surface area contributed by atoms with Crippen LogP contribution in [0.2, 0.25) is 5.02 Å². The molecule has 0 aromatic heterocycles. The average molecular weight is 319 g/mol. The van der Waals surface area contributed by atoms with E-state index in [1.807, 2.05) is 13.8 Å². The Labute approximate surface area is 124 Å². The third-order valence-electron chi connectivity index (χ3n) is 2.92. The molecule has 1 aromatic rings. The molecule has 0 fully saturated rings. The van der Waals surface area contributed by atoms with Crippen molar-refractivity contribution in [2.75, 3.05) is 11.6 Å². The maximum Gasteiger partial charge on any atom is 0.225 e. The van der Waals surface area contributed by atoms with E-state index in [9.17, 15) is 13.2 Å². The Morgan fingerprint density at radius 2 is 2.00 bits per heavy atom. The maximum absolute atomic E-state index is 11.8. The molecule has 0 aliphatic carbocycles. The van der Waals surface area contributed by atoms with Crippen LogP contribution >= 0.6 is 11.6 Å². The van der Waals surface area contributed by atoms with Crippen molar-refractivity contribution in [3.63, 3.8) is 0 Å². The Morgan fingerprint density at radius 1 is 1.40 bits per heavy atom. The Kier molecular flexibility index (Phi) is 5.56. The number of hydrogen-bond donors (Lipinski definition) is 2. The minimum absolute atomic E-state index is 0.102. The Morgan fingerprint density at radius 3 is 2.50 bits per heavy atom. The van der Waals surface area contributed by atoms with Gasteiger partial charge >= 0.3 is 0 Å². The Hall–Kier alpha value is -1.11. The van der Waals surface area contributed by atoms with Crippen LogP contribution in [0.25, 0.3) is 0 Å². The number of sulfone groups is 1. The van der Waals surface area contributed by atoms with Crippen LogP contribution in [0, 0.1) is 5.92 Å². The summed E-state index contributed by atoms with van der Waals surface area (Å²) in [6, 6.07) is 3.92. The summed E-state index contributed by atoms with van der Waals surface area (Å²) in [6.45, 7) is 3.85. The van der Waals surface area contributed by atoms with Gasteiger partial charge in [-0.15, -0.1) is 0 Å². The van der Waals surface area contributed by atoms with Gasteiger partial charge in [0.05, 0.1) is 15.6 Å². The fourth-order valence-electron chi connectivity index (χ4n) is 1.48. The first-order valence-electron chi connectivity index (χ1n) is 6.16. The smallest absolute Gasteiger partial charge is 0.225 e. The first kappa shape index (κ1) is 16.9. The van der Waals surface area contributed by atoms with Gasteiger partial charge in [0.2, 0.25) is 5.91 Å². The summed E-state index contributed by atoms with van der Waals surface area (Å²) >= 11 is 5.95. The van der Waals surface area contributed by atoms with Crippen molar-refractivity contribution in [2.45, 2.75) is 31.2 Å². The molecular weight excluding hydrogens is 300 g/mol. The van der Waals surface area contributed by atoms with E-state index in [0.29, 0.717) is 0 Å². The Bertz CT molecular complexity index is 600. The van der Waals surface area contributed by atoms with Crippen LogP contribution < -0.4 is 11.1 Å². The van der Waals surface area contributed by atoms with Gasteiger partial charge in [0, 0.05) is 18.7 Å². The van der Waals surface area contributed by atoms with E-state index in [4.69, 9.17) is 17.3 Å². The number of nitrogens with two attached hydrogens (primary N) is 1. The van der Waals surface area contributed by atoms with Crippen molar-refractivity contribution in [1.29, 1.82) is 0 Å². The number of hydrogen-bond acceptors (Lipinski definition) is 4. The highest BCUT2D eigenvalue weighted by molar-refractivity contribution is 7.90. The zero-order chi connectivity index (χ0) is 15.5. The normalized spacial score (nSPS) is 13.3. The topological polar surface area (TPSA) is 89.3 Å². The number of carbonyl (C=O) groups excluding carboxylic acids is 1. The van der Waals surface area contributed by atoms with Crippen LogP contribution in [0.4, 0.5) is 5.69 Å². The third kappa shape index (κ3) is 4.77. The van der Waals surface area contributed by atoms with Gasteiger partial charge in [-0.2, -0.15) is 0 Å². The fourth-order valence-corrected chi connectivity index (χ4v) is 2.29. The number of rotatable bonds is 5. The van der Waals surface area contributed by atoms with Crippen LogP contribution in [0.3, 0.4) is 0 Å². The van der Waals surface area contributed by atoms with E-state index in [0.717, 1.165) is 6.26 Å². The van der Waals surface area contributed by atoms with E-state index in [1.165, 1.54) is 18.2 Å². The second-order valence-electron chi connectivity index (χ2n) is 5.07. The molecule has 112 valence electrons. The van der Waals surface area contributed by atoms with Crippen molar-refractivity contribution < 1.29 is 13.2 Å². The molecule has 7 heteroatoms. The summed E-state index contributed by atoms with van der Waals surface area (Å²) in [5, 5.41) is 2.87. The SMILES string of the molecule is CC(C)C(N)CC(=O)Nc1cc(S(C)(=O)=O)ccc1Cl. The first-order valence-corrected chi connectivity index (χ1v) is 8.43. The Balaban J connectivity index is 2.90. The maximum atomic E-state index is 11.8. The molecule has 1 amide bonds. The molecule has 0 spiro atoms. The fraction of sp³-hybridized carbons (Fsp3) is 0.462. The lowest BCUT2D eigenvalue weighted by molar-refractivity contribution is -0.116. The molecule has 0 bridgehead atoms. The largest absolute Gasteiger partial charge is 0.327 e. The van der Waals surface area contributed by atoms with Crippen LogP contribution in [0.5, 0.6) is 0 Å². The molecule has 1 unspecified atom stereocenters. The monoisotopic (exact) mass is 318 g/mol. The van der Waals surface area contributed by atoms with Gasteiger partial charge in [-0.1, -0.05) is 25.4 Å². The van der Waals surface area contributed by atoms with Crippen LogP contribution in [0.15, 0.2) is 23.1 Å². The lowest BCUT2D eigenvalue weighted by Crippen LogP contribution is -2.31. The van der Waals surface area contributed by atoms with E-state index in [-0.39, 0.29) is 39.9 Å². The van der Waals surface area contributed by atoms with E-state index in [2.05, 4.69) is 5.32 Å². The van der Waals surface area contributed by atoms with Crippen molar-refractivity contribution in [3.05, 3.63) is 23.2 Å². The molecule has 0 aliphatic heterocycles. The quantitative estimate of drug-likeness (QED) is 0.869. The predicted molar refractivity (Wildman–Crippen MR) is 80.6 cm³/mol. The minimum Gasteiger partial charge on any atom is -0.327 e. The second-order valence-corrected chi connectivity index (χ2v) is 7.50. The van der Waals surface area contributed by atoms with E-state index >= 15 is 0 Å². The second kappa shape index (κ2) is 6.56. The molecule has 0 aliphatic rings. The highest BCUT2D eigenvalue weighted by Crippen LogP contribution is 2.25. The molecule has 0 radical (unpaired) electrons. The zero-order valence-corrected chi connectivity index (χ0v) is 13.3. The predicted octanol–water partition coefficient (Wildman–Crippen LogP) is 2.06. The van der Waals surface area contributed by atoms with Crippen molar-refractivity contribution in [3.8, 4) is 0 Å². The molecule has 1 atom stereocenters. The van der Waals surface area contributed by atoms with Gasteiger partial charge < -0.3 is 11.1 Å². The molecule has 0 saturated heterocycles. The van der Waals surface area contributed by atoms with Crippen LogP contribution in [-0.2, 0) is 14.6 Å². The van der Waals surface area contributed by atoms with Gasteiger partial charge in [0.15, 0.2) is 9.84 Å². The number of benzene rings is 1. The number of anilines is 1. The summed E-state index contributed by atoms with van der Waals surface area (Å²) < 4.78 is 22.9. The number of amides is 1. The molecule has 1 rings (SSSR count). The molecule has 20 heavy (non-hydrogen) atoms.